The summed E-state index contributed by atoms with van der Waals surface area (Å²) in [6.45, 7) is 9.61. The molecule has 18 heavy (non-hydrogen) atoms. The second-order valence-corrected chi connectivity index (χ2v) is 4.18. The zero-order valence-electron chi connectivity index (χ0n) is 11.5. The fraction of sp³-hybridized carbons (Fsp3) is 0.833. The molecule has 0 heterocycles. The van der Waals surface area contributed by atoms with Gasteiger partial charge >= 0.3 is 5.97 Å². The van der Waals surface area contributed by atoms with Gasteiger partial charge in [-0.05, 0) is 32.6 Å². The summed E-state index contributed by atoms with van der Waals surface area (Å²) in [5.41, 5.74) is 0. The molecule has 0 aromatic rings. The standard InChI is InChI=1S/C12H25N3O3/c1-4-15(5-2)8-6-7-13-9-11(12(17)18)14-10(3)16/h11,13H,4-9H2,1-3H3,(H,14,16)(H,17,18). The third-order valence-corrected chi connectivity index (χ3v) is 2.75. The van der Waals surface area contributed by atoms with E-state index in [0.29, 0.717) is 0 Å². The van der Waals surface area contributed by atoms with E-state index in [-0.39, 0.29) is 12.5 Å². The molecule has 0 radical (unpaired) electrons. The van der Waals surface area contributed by atoms with E-state index in [0.717, 1.165) is 32.6 Å². The van der Waals surface area contributed by atoms with Gasteiger partial charge in [-0.2, -0.15) is 0 Å². The molecule has 0 spiro atoms. The lowest BCUT2D eigenvalue weighted by Gasteiger charge is -2.18. The summed E-state index contributed by atoms with van der Waals surface area (Å²) in [7, 11) is 0. The Morgan fingerprint density at radius 1 is 1.28 bits per heavy atom. The number of aliphatic carboxylic acids is 1. The molecule has 3 N–H and O–H groups in total. The number of hydrogen-bond donors (Lipinski definition) is 3. The van der Waals surface area contributed by atoms with Crippen molar-refractivity contribution in [1.82, 2.24) is 15.5 Å². The van der Waals surface area contributed by atoms with Gasteiger partial charge in [-0.15, -0.1) is 0 Å². The number of hydrogen-bond acceptors (Lipinski definition) is 4. The van der Waals surface area contributed by atoms with Gasteiger partial charge in [0.15, 0.2) is 0 Å². The van der Waals surface area contributed by atoms with E-state index in [1.807, 2.05) is 0 Å². The van der Waals surface area contributed by atoms with Crippen molar-refractivity contribution in [3.8, 4) is 0 Å². The van der Waals surface area contributed by atoms with Crippen LogP contribution in [0.25, 0.3) is 0 Å². The summed E-state index contributed by atoms with van der Waals surface area (Å²) in [4.78, 5) is 24.0. The van der Waals surface area contributed by atoms with Crippen LogP contribution in [0, 0.1) is 0 Å². The molecule has 0 saturated carbocycles. The average molecular weight is 259 g/mol. The van der Waals surface area contributed by atoms with Crippen molar-refractivity contribution < 1.29 is 14.7 Å². The van der Waals surface area contributed by atoms with Crippen LogP contribution in [0.4, 0.5) is 0 Å². The lowest BCUT2D eigenvalue weighted by molar-refractivity contribution is -0.141. The van der Waals surface area contributed by atoms with Gasteiger partial charge in [0.2, 0.25) is 5.91 Å². The van der Waals surface area contributed by atoms with Crippen LogP contribution in [0.2, 0.25) is 0 Å². The molecule has 1 unspecified atom stereocenters. The third kappa shape index (κ3) is 8.03. The van der Waals surface area contributed by atoms with E-state index in [2.05, 4.69) is 29.4 Å². The maximum absolute atomic E-state index is 10.8. The maximum atomic E-state index is 10.8. The molecule has 0 aromatic heterocycles. The molecule has 0 rings (SSSR count). The van der Waals surface area contributed by atoms with Crippen LogP contribution in [0.1, 0.15) is 27.2 Å². The Morgan fingerprint density at radius 3 is 2.33 bits per heavy atom. The quantitative estimate of drug-likeness (QED) is 0.477. The largest absolute Gasteiger partial charge is 0.480 e. The van der Waals surface area contributed by atoms with Gasteiger partial charge in [-0.25, -0.2) is 4.79 Å². The molecule has 0 saturated heterocycles. The predicted octanol–water partition coefficient (Wildman–Crippen LogP) is -0.103. The molecule has 0 fully saturated rings. The van der Waals surface area contributed by atoms with E-state index < -0.39 is 12.0 Å². The molecule has 106 valence electrons. The highest BCUT2D eigenvalue weighted by molar-refractivity contribution is 5.82. The number of amides is 1. The number of carboxylic acid groups (broad SMARTS) is 1. The van der Waals surface area contributed by atoms with Gasteiger partial charge in [0, 0.05) is 13.5 Å². The predicted molar refractivity (Wildman–Crippen MR) is 70.5 cm³/mol. The Hall–Kier alpha value is -1.14. The smallest absolute Gasteiger partial charge is 0.327 e. The lowest BCUT2D eigenvalue weighted by atomic mass is 10.3. The highest BCUT2D eigenvalue weighted by atomic mass is 16.4. The van der Waals surface area contributed by atoms with Crippen LogP contribution in [0.3, 0.4) is 0 Å². The van der Waals surface area contributed by atoms with E-state index in [4.69, 9.17) is 5.11 Å². The van der Waals surface area contributed by atoms with Crippen molar-refractivity contribution in [2.45, 2.75) is 33.2 Å². The number of carbonyl (C=O) groups is 2. The summed E-state index contributed by atoms with van der Waals surface area (Å²) >= 11 is 0. The lowest BCUT2D eigenvalue weighted by Crippen LogP contribution is -2.46. The first-order valence-corrected chi connectivity index (χ1v) is 6.44. The normalized spacial score (nSPS) is 12.4. The first-order chi connectivity index (χ1) is 8.51. The first-order valence-electron chi connectivity index (χ1n) is 6.44. The number of nitrogens with one attached hydrogen (secondary N) is 2. The number of nitrogens with zero attached hydrogens (tertiary/aromatic N) is 1. The van der Waals surface area contributed by atoms with Crippen molar-refractivity contribution in [1.29, 1.82) is 0 Å². The molecular formula is C12H25N3O3. The summed E-state index contributed by atoms with van der Waals surface area (Å²) in [6.07, 6.45) is 0.966. The van der Waals surface area contributed by atoms with Gasteiger partial charge < -0.3 is 20.6 Å². The Morgan fingerprint density at radius 2 is 1.89 bits per heavy atom. The minimum Gasteiger partial charge on any atom is -0.480 e. The number of rotatable bonds is 10. The van der Waals surface area contributed by atoms with Crippen molar-refractivity contribution in [2.75, 3.05) is 32.7 Å². The molecule has 0 aromatic carbocycles. The Balaban J connectivity index is 3.73. The first kappa shape index (κ1) is 16.9. The van der Waals surface area contributed by atoms with E-state index >= 15 is 0 Å². The Kier molecular flexibility index (Phi) is 9.22. The van der Waals surface area contributed by atoms with Crippen LogP contribution >= 0.6 is 0 Å². The van der Waals surface area contributed by atoms with Gasteiger partial charge in [0.1, 0.15) is 6.04 Å². The zero-order chi connectivity index (χ0) is 14.0. The summed E-state index contributed by atoms with van der Waals surface area (Å²) in [5, 5.41) is 14.3. The van der Waals surface area contributed by atoms with E-state index in [1.165, 1.54) is 6.92 Å². The molecule has 0 aliphatic heterocycles. The molecule has 1 atom stereocenters. The second-order valence-electron chi connectivity index (χ2n) is 4.18. The fourth-order valence-electron chi connectivity index (χ4n) is 1.66. The van der Waals surface area contributed by atoms with Gasteiger partial charge in [0.25, 0.3) is 0 Å². The van der Waals surface area contributed by atoms with Crippen molar-refractivity contribution in [2.24, 2.45) is 0 Å². The van der Waals surface area contributed by atoms with Crippen LogP contribution in [0.5, 0.6) is 0 Å². The molecular weight excluding hydrogens is 234 g/mol. The SMILES string of the molecule is CCN(CC)CCCNCC(NC(C)=O)C(=O)O. The Labute approximate surface area is 109 Å². The average Bonchev–Trinajstić information content (AvgIpc) is 2.31. The van der Waals surface area contributed by atoms with E-state index in [9.17, 15) is 9.59 Å². The molecule has 6 nitrogen and oxygen atoms in total. The Bertz CT molecular complexity index is 255. The van der Waals surface area contributed by atoms with Crippen LogP contribution < -0.4 is 10.6 Å². The molecule has 1 amide bonds. The monoisotopic (exact) mass is 259 g/mol. The fourth-order valence-corrected chi connectivity index (χ4v) is 1.66. The number of carbonyl (C=O) groups excluding carboxylic acids is 1. The van der Waals surface area contributed by atoms with Gasteiger partial charge in [0.05, 0.1) is 0 Å². The highest BCUT2D eigenvalue weighted by Crippen LogP contribution is 1.90. The molecule has 6 heteroatoms. The second kappa shape index (κ2) is 9.85. The minimum atomic E-state index is -1.01. The van der Waals surface area contributed by atoms with Crippen LogP contribution in [-0.4, -0.2) is 60.6 Å². The zero-order valence-corrected chi connectivity index (χ0v) is 11.5. The van der Waals surface area contributed by atoms with Crippen molar-refractivity contribution >= 4 is 11.9 Å². The van der Waals surface area contributed by atoms with Gasteiger partial charge in [-0.1, -0.05) is 13.8 Å². The van der Waals surface area contributed by atoms with E-state index in [1.54, 1.807) is 0 Å². The van der Waals surface area contributed by atoms with Crippen molar-refractivity contribution in [3.05, 3.63) is 0 Å². The molecule has 0 aliphatic carbocycles. The highest BCUT2D eigenvalue weighted by Gasteiger charge is 2.17. The topological polar surface area (TPSA) is 81.7 Å². The van der Waals surface area contributed by atoms with Crippen molar-refractivity contribution in [3.63, 3.8) is 0 Å². The molecule has 0 bridgehead atoms. The number of carboxylic acids is 1. The van der Waals surface area contributed by atoms with Crippen LogP contribution in [-0.2, 0) is 9.59 Å². The molecule has 0 aliphatic rings. The maximum Gasteiger partial charge on any atom is 0.327 e. The van der Waals surface area contributed by atoms with Gasteiger partial charge in [-0.3, -0.25) is 4.79 Å². The van der Waals surface area contributed by atoms with Crippen LogP contribution in [0.15, 0.2) is 0 Å². The summed E-state index contributed by atoms with van der Waals surface area (Å²) < 4.78 is 0. The third-order valence-electron chi connectivity index (χ3n) is 2.75. The summed E-state index contributed by atoms with van der Waals surface area (Å²) in [6, 6.07) is -0.851. The minimum absolute atomic E-state index is 0.257. The summed E-state index contributed by atoms with van der Waals surface area (Å²) in [5.74, 6) is -1.34.